The first-order valence-corrected chi connectivity index (χ1v) is 28.8. The van der Waals surface area contributed by atoms with Crippen molar-refractivity contribution in [2.24, 2.45) is 5.92 Å². The molecule has 6 N–H and O–H groups in total. The van der Waals surface area contributed by atoms with Crippen molar-refractivity contribution < 1.29 is 69.4 Å². The number of aliphatic hydroxyl groups excluding tert-OH is 6. The molecule has 70 heavy (non-hydrogen) atoms. The Bertz CT molecular complexity index is 1200. The first-order chi connectivity index (χ1) is 34.0. The van der Waals surface area contributed by atoms with Gasteiger partial charge in [-0.1, -0.05) is 245 Å². The molecule has 0 aromatic heterocycles. The fourth-order valence-electron chi connectivity index (χ4n) is 8.93. The van der Waals surface area contributed by atoms with Crippen LogP contribution in [0.5, 0.6) is 0 Å². The SMILES string of the molecule is CCCCCCCCCCCCCCCCCCCCCC(=O)OOC(=O)CCCCC(=O)OOC(=O)C(CCCCCCCCCCCCCCCCCCCC)C(O)[C@@H](O)[C@@H](O)[C@H](O)[C@@H](O)CO. The Kier molecular flexibility index (Phi) is 48.5. The van der Waals surface area contributed by atoms with Crippen LogP contribution in [0.4, 0.5) is 0 Å². The zero-order chi connectivity index (χ0) is 51.7. The van der Waals surface area contributed by atoms with Gasteiger partial charge in [-0.2, -0.15) is 0 Å². The van der Waals surface area contributed by atoms with Gasteiger partial charge in [0.15, 0.2) is 0 Å². The molecule has 0 saturated heterocycles. The Labute approximate surface area is 425 Å². The van der Waals surface area contributed by atoms with Gasteiger partial charge in [0, 0.05) is 0 Å². The van der Waals surface area contributed by atoms with Gasteiger partial charge in [0.25, 0.3) is 0 Å². The molecule has 14 nitrogen and oxygen atoms in total. The smallest absolute Gasteiger partial charge is 0.361 e. The Morgan fingerprint density at radius 3 is 0.857 bits per heavy atom. The van der Waals surface area contributed by atoms with Crippen LogP contribution >= 0.6 is 0 Å². The van der Waals surface area contributed by atoms with Crippen molar-refractivity contribution in [1.29, 1.82) is 0 Å². The fourth-order valence-corrected chi connectivity index (χ4v) is 8.93. The third-order valence-corrected chi connectivity index (χ3v) is 13.7. The molecule has 0 aliphatic rings. The molecule has 0 saturated carbocycles. The van der Waals surface area contributed by atoms with Crippen molar-refractivity contribution in [2.45, 2.75) is 320 Å². The number of aliphatic hydroxyl groups is 6. The van der Waals surface area contributed by atoms with Crippen molar-refractivity contribution in [3.63, 3.8) is 0 Å². The molecule has 0 bridgehead atoms. The van der Waals surface area contributed by atoms with E-state index in [0.29, 0.717) is 19.3 Å². The number of carbonyl (C=O) groups is 4. The molecule has 0 fully saturated rings. The zero-order valence-electron chi connectivity index (χ0n) is 44.5. The average molecular weight is 1000 g/mol. The van der Waals surface area contributed by atoms with E-state index < -0.39 is 66.9 Å². The lowest BCUT2D eigenvalue weighted by molar-refractivity contribution is -0.266. The van der Waals surface area contributed by atoms with Crippen LogP contribution in [0.2, 0.25) is 0 Å². The third kappa shape index (κ3) is 41.1. The summed E-state index contributed by atoms with van der Waals surface area (Å²) in [6.45, 7) is 3.58. The highest BCUT2D eigenvalue weighted by molar-refractivity contribution is 5.75. The molecular formula is C56H106O14. The van der Waals surface area contributed by atoms with Crippen LogP contribution < -0.4 is 0 Å². The van der Waals surface area contributed by atoms with Crippen LogP contribution in [0.1, 0.15) is 290 Å². The van der Waals surface area contributed by atoms with E-state index in [-0.39, 0.29) is 38.5 Å². The summed E-state index contributed by atoms with van der Waals surface area (Å²) in [5.74, 6) is -4.96. The largest absolute Gasteiger partial charge is 0.394 e. The number of carbonyl (C=O) groups excluding carboxylic acids is 4. The molecule has 0 aromatic rings. The van der Waals surface area contributed by atoms with E-state index in [1.54, 1.807) is 0 Å². The minimum atomic E-state index is -2.12. The summed E-state index contributed by atoms with van der Waals surface area (Å²) in [4.78, 5) is 68.2. The Balaban J connectivity index is 4.27. The molecule has 0 aliphatic heterocycles. The minimum Gasteiger partial charge on any atom is -0.394 e. The zero-order valence-corrected chi connectivity index (χ0v) is 44.5. The molecule has 2 unspecified atom stereocenters. The Morgan fingerprint density at radius 2 is 0.557 bits per heavy atom. The maximum atomic E-state index is 13.1. The molecule has 0 aliphatic carbocycles. The molecule has 0 amide bonds. The van der Waals surface area contributed by atoms with E-state index in [9.17, 15) is 44.7 Å². The molecule has 6 atom stereocenters. The average Bonchev–Trinajstić information content (AvgIpc) is 3.36. The predicted octanol–water partition coefficient (Wildman–Crippen LogP) is 12.2. The van der Waals surface area contributed by atoms with Crippen LogP contribution in [-0.4, -0.2) is 91.6 Å². The van der Waals surface area contributed by atoms with Crippen LogP contribution in [0, 0.1) is 5.92 Å². The second-order valence-electron chi connectivity index (χ2n) is 20.2. The number of rotatable bonds is 51. The summed E-state index contributed by atoms with van der Waals surface area (Å²) in [7, 11) is 0. The second-order valence-corrected chi connectivity index (χ2v) is 20.2. The van der Waals surface area contributed by atoms with Crippen molar-refractivity contribution in [3.8, 4) is 0 Å². The van der Waals surface area contributed by atoms with Gasteiger partial charge in [0.2, 0.25) is 0 Å². The minimum absolute atomic E-state index is 0.00495. The quantitative estimate of drug-likeness (QED) is 0.0189. The van der Waals surface area contributed by atoms with E-state index in [1.807, 2.05) is 0 Å². The summed E-state index contributed by atoms with van der Waals surface area (Å²) < 4.78 is 0. The van der Waals surface area contributed by atoms with Gasteiger partial charge in [-0.25, -0.2) is 38.7 Å². The van der Waals surface area contributed by atoms with Gasteiger partial charge >= 0.3 is 23.9 Å². The molecule has 0 radical (unpaired) electrons. The fraction of sp³-hybridized carbons (Fsp3) is 0.929. The van der Waals surface area contributed by atoms with Gasteiger partial charge in [-0.3, -0.25) is 0 Å². The molecule has 0 heterocycles. The first kappa shape index (κ1) is 67.6. The third-order valence-electron chi connectivity index (χ3n) is 13.7. The highest BCUT2D eigenvalue weighted by Gasteiger charge is 2.41. The Morgan fingerprint density at radius 1 is 0.314 bits per heavy atom. The second kappa shape index (κ2) is 50.2. The van der Waals surface area contributed by atoms with E-state index >= 15 is 0 Å². The van der Waals surface area contributed by atoms with Gasteiger partial charge < -0.3 is 30.6 Å². The first-order valence-electron chi connectivity index (χ1n) is 28.8. The standard InChI is InChI=1S/C56H106O14/c1-3-5-7-9-11-13-15-17-19-21-23-25-27-29-31-33-35-37-39-43-49(59)67-68-50(60)44-40-41-45-51(61)69-70-56(66)47(52(62)54(64)55(65)53(63)48(58)46-57)42-38-36-34-32-30-28-26-24-22-20-18-16-14-12-10-8-6-4-2/h47-48,52-55,57-58,62-65H,3-46H2,1-2H3/t47?,48-,52?,53+,54+,55-/m0/s1. The Hall–Kier alpha value is -2.36. The topological polar surface area (TPSA) is 227 Å². The lowest BCUT2D eigenvalue weighted by Crippen LogP contribution is -2.52. The van der Waals surface area contributed by atoms with Crippen molar-refractivity contribution in [3.05, 3.63) is 0 Å². The van der Waals surface area contributed by atoms with Crippen molar-refractivity contribution >= 4 is 23.9 Å². The molecule has 0 spiro atoms. The number of hydrogen-bond acceptors (Lipinski definition) is 14. The summed E-state index contributed by atoms with van der Waals surface area (Å²) in [6, 6.07) is 0. The van der Waals surface area contributed by atoms with Crippen LogP contribution in [0.15, 0.2) is 0 Å². The lowest BCUT2D eigenvalue weighted by Gasteiger charge is -2.31. The molecular weight excluding hydrogens is 897 g/mol. The summed E-state index contributed by atoms with van der Waals surface area (Å²) in [6.07, 6.45) is 35.0. The van der Waals surface area contributed by atoms with Gasteiger partial charge in [0.1, 0.15) is 24.4 Å². The number of hydrogen-bond donors (Lipinski definition) is 6. The lowest BCUT2D eigenvalue weighted by atomic mass is 9.88. The summed E-state index contributed by atoms with van der Waals surface area (Å²) >= 11 is 0. The molecule has 414 valence electrons. The highest BCUT2D eigenvalue weighted by atomic mass is 17.2. The maximum Gasteiger partial charge on any atom is 0.361 e. The van der Waals surface area contributed by atoms with E-state index in [2.05, 4.69) is 28.5 Å². The number of unbranched alkanes of at least 4 members (excludes halogenated alkanes) is 36. The molecule has 0 rings (SSSR count). The predicted molar refractivity (Wildman–Crippen MR) is 275 cm³/mol. The van der Waals surface area contributed by atoms with Gasteiger partial charge in [-0.05, 0) is 25.7 Å². The van der Waals surface area contributed by atoms with Crippen molar-refractivity contribution in [2.75, 3.05) is 6.61 Å². The monoisotopic (exact) mass is 1000 g/mol. The van der Waals surface area contributed by atoms with E-state index in [4.69, 9.17) is 9.99 Å². The molecule has 0 aromatic carbocycles. The van der Waals surface area contributed by atoms with Crippen LogP contribution in [-0.2, 0) is 38.7 Å². The van der Waals surface area contributed by atoms with Crippen LogP contribution in [0.3, 0.4) is 0 Å². The summed E-state index contributed by atoms with van der Waals surface area (Å²) in [5.41, 5.74) is 0. The van der Waals surface area contributed by atoms with Gasteiger partial charge in [0.05, 0.1) is 37.9 Å². The highest BCUT2D eigenvalue weighted by Crippen LogP contribution is 2.24. The van der Waals surface area contributed by atoms with E-state index in [1.165, 1.54) is 173 Å². The normalized spacial score (nSPS) is 14.1. The van der Waals surface area contributed by atoms with Crippen molar-refractivity contribution in [1.82, 2.24) is 0 Å². The maximum absolute atomic E-state index is 13.1. The van der Waals surface area contributed by atoms with Crippen LogP contribution in [0.25, 0.3) is 0 Å². The molecule has 14 heteroatoms. The summed E-state index contributed by atoms with van der Waals surface area (Å²) in [5, 5.41) is 60.8. The van der Waals surface area contributed by atoms with Gasteiger partial charge in [-0.15, -0.1) is 0 Å². The van der Waals surface area contributed by atoms with E-state index in [0.717, 1.165) is 44.9 Å².